The fraction of sp³-hybridized carbons (Fsp3) is 0.222. The van der Waals surface area contributed by atoms with Crippen molar-refractivity contribution >= 4 is 44.7 Å². The predicted octanol–water partition coefficient (Wildman–Crippen LogP) is 2.90. The van der Waals surface area contributed by atoms with Crippen LogP contribution in [0.3, 0.4) is 0 Å². The van der Waals surface area contributed by atoms with E-state index in [9.17, 15) is 28.1 Å². The van der Waals surface area contributed by atoms with Gasteiger partial charge in [-0.15, -0.1) is 0 Å². The zero-order chi connectivity index (χ0) is 21.6. The number of amides is 1. The highest BCUT2D eigenvalue weighted by Gasteiger charge is 2.18. The predicted molar refractivity (Wildman–Crippen MR) is 106 cm³/mol. The number of esters is 1. The number of nitro benzene ring substituents is 1. The van der Waals surface area contributed by atoms with Gasteiger partial charge in [0.05, 0.1) is 22.0 Å². The number of benzene rings is 2. The van der Waals surface area contributed by atoms with Crippen LogP contribution >= 0.6 is 11.6 Å². The number of hydrogen-bond acceptors (Lipinski definition) is 7. The Morgan fingerprint density at radius 2 is 1.83 bits per heavy atom. The minimum Gasteiger partial charge on any atom is -0.456 e. The lowest BCUT2D eigenvalue weighted by molar-refractivity contribution is -0.385. The Morgan fingerprint density at radius 1 is 1.17 bits per heavy atom. The van der Waals surface area contributed by atoms with Crippen LogP contribution in [0.4, 0.5) is 11.4 Å². The Kier molecular flexibility index (Phi) is 7.29. The maximum atomic E-state index is 12.2. The number of ether oxygens (including phenoxy) is 1. The van der Waals surface area contributed by atoms with Crippen LogP contribution < -0.4 is 5.32 Å². The summed E-state index contributed by atoms with van der Waals surface area (Å²) < 4.78 is 29.1. The average molecular weight is 441 g/mol. The molecule has 29 heavy (non-hydrogen) atoms. The molecule has 2 aromatic carbocycles. The molecule has 0 saturated heterocycles. The fourth-order valence-electron chi connectivity index (χ4n) is 2.28. The molecule has 0 aliphatic heterocycles. The van der Waals surface area contributed by atoms with Gasteiger partial charge in [-0.3, -0.25) is 19.7 Å². The van der Waals surface area contributed by atoms with Crippen molar-refractivity contribution in [3.05, 3.63) is 63.2 Å². The molecule has 0 aliphatic carbocycles. The Morgan fingerprint density at radius 3 is 2.45 bits per heavy atom. The van der Waals surface area contributed by atoms with E-state index in [0.29, 0.717) is 10.6 Å². The van der Waals surface area contributed by atoms with Crippen molar-refractivity contribution < 1.29 is 27.7 Å². The van der Waals surface area contributed by atoms with Crippen molar-refractivity contribution in [2.45, 2.75) is 18.2 Å². The monoisotopic (exact) mass is 440 g/mol. The van der Waals surface area contributed by atoms with E-state index in [1.165, 1.54) is 42.5 Å². The molecule has 0 spiro atoms. The maximum absolute atomic E-state index is 12.2. The second kappa shape index (κ2) is 9.48. The van der Waals surface area contributed by atoms with E-state index in [-0.39, 0.29) is 16.3 Å². The number of rotatable bonds is 8. The molecular formula is C18H17ClN2O7S. The first kappa shape index (κ1) is 22.3. The molecular weight excluding hydrogens is 424 g/mol. The molecule has 0 aromatic heterocycles. The first-order valence-electron chi connectivity index (χ1n) is 8.27. The van der Waals surface area contributed by atoms with Crippen LogP contribution in [0.2, 0.25) is 5.02 Å². The molecule has 0 unspecified atom stereocenters. The summed E-state index contributed by atoms with van der Waals surface area (Å²) in [5.41, 5.74) is 0.446. The number of nitrogens with zero attached hydrogens (tertiary/aromatic N) is 1. The Labute approximate surface area is 171 Å². The van der Waals surface area contributed by atoms with Crippen molar-refractivity contribution in [3.8, 4) is 0 Å². The minimum atomic E-state index is -3.70. The molecule has 2 rings (SSSR count). The summed E-state index contributed by atoms with van der Waals surface area (Å²) in [6.45, 7) is 0.908. The van der Waals surface area contributed by atoms with Crippen LogP contribution in [-0.4, -0.2) is 37.6 Å². The van der Waals surface area contributed by atoms with Crippen LogP contribution in [0.25, 0.3) is 0 Å². The summed E-state index contributed by atoms with van der Waals surface area (Å²) in [6.07, 6.45) is -0.436. The van der Waals surface area contributed by atoms with Gasteiger partial charge in [-0.1, -0.05) is 17.7 Å². The maximum Gasteiger partial charge on any atom is 0.307 e. The average Bonchev–Trinajstić information content (AvgIpc) is 2.66. The fourth-order valence-corrected chi connectivity index (χ4v) is 3.62. The van der Waals surface area contributed by atoms with Crippen molar-refractivity contribution in [1.29, 1.82) is 0 Å². The zero-order valence-corrected chi connectivity index (χ0v) is 16.8. The van der Waals surface area contributed by atoms with Gasteiger partial charge in [0.25, 0.3) is 11.6 Å². The molecule has 1 N–H and O–H groups in total. The zero-order valence-electron chi connectivity index (χ0n) is 15.3. The van der Waals surface area contributed by atoms with E-state index < -0.39 is 45.4 Å². The summed E-state index contributed by atoms with van der Waals surface area (Å²) in [5, 5.41) is 13.7. The van der Waals surface area contributed by atoms with E-state index in [1.807, 2.05) is 0 Å². The molecule has 9 nitrogen and oxygen atoms in total. The van der Waals surface area contributed by atoms with Crippen molar-refractivity contribution in [2.75, 3.05) is 17.7 Å². The largest absolute Gasteiger partial charge is 0.456 e. The summed E-state index contributed by atoms with van der Waals surface area (Å²) in [4.78, 5) is 34.0. The van der Waals surface area contributed by atoms with Crippen LogP contribution in [0.5, 0.6) is 0 Å². The number of aryl methyl sites for hydroxylation is 1. The smallest absolute Gasteiger partial charge is 0.307 e. The molecule has 0 fully saturated rings. The van der Waals surface area contributed by atoms with Crippen molar-refractivity contribution in [1.82, 2.24) is 0 Å². The highest BCUT2D eigenvalue weighted by atomic mass is 35.5. The number of sulfone groups is 1. The summed E-state index contributed by atoms with van der Waals surface area (Å²) >= 11 is 5.71. The van der Waals surface area contributed by atoms with Gasteiger partial charge in [-0.05, 0) is 37.3 Å². The van der Waals surface area contributed by atoms with Crippen LogP contribution in [0.1, 0.15) is 12.0 Å². The number of nitro groups is 1. The second-order valence-corrected chi connectivity index (χ2v) is 8.54. The van der Waals surface area contributed by atoms with Gasteiger partial charge >= 0.3 is 5.97 Å². The number of anilines is 1. The van der Waals surface area contributed by atoms with Gasteiger partial charge in [0.2, 0.25) is 0 Å². The van der Waals surface area contributed by atoms with E-state index in [0.717, 1.165) is 0 Å². The molecule has 11 heteroatoms. The van der Waals surface area contributed by atoms with Gasteiger partial charge in [0.15, 0.2) is 16.4 Å². The molecule has 1 amide bonds. The van der Waals surface area contributed by atoms with Gasteiger partial charge in [0, 0.05) is 22.3 Å². The lowest BCUT2D eigenvalue weighted by Crippen LogP contribution is -2.22. The van der Waals surface area contributed by atoms with Crippen molar-refractivity contribution in [2.24, 2.45) is 0 Å². The highest BCUT2D eigenvalue weighted by Crippen LogP contribution is 2.22. The number of nitrogens with one attached hydrogen (secondary N) is 1. The normalized spacial score (nSPS) is 11.0. The third-order valence-corrected chi connectivity index (χ3v) is 5.79. The Bertz CT molecular complexity index is 1040. The number of hydrogen-bond donors (Lipinski definition) is 1. The molecule has 0 saturated carbocycles. The molecule has 0 atom stereocenters. The molecule has 0 bridgehead atoms. The van der Waals surface area contributed by atoms with Crippen molar-refractivity contribution in [3.63, 3.8) is 0 Å². The topological polar surface area (TPSA) is 133 Å². The number of halogens is 1. The van der Waals surface area contributed by atoms with E-state index in [1.54, 1.807) is 6.92 Å². The number of carbonyl (C=O) groups is 2. The molecule has 2 aromatic rings. The standard InChI is InChI=1S/C18H17ClN2O7S/c1-12-2-5-14(10-16(12)21(24)25)20-17(22)11-28-18(23)8-9-29(26,27)15-6-3-13(19)4-7-15/h2-7,10H,8-9,11H2,1H3,(H,20,22). The van der Waals surface area contributed by atoms with Crippen LogP contribution in [-0.2, 0) is 24.2 Å². The Balaban J connectivity index is 1.84. The summed E-state index contributed by atoms with van der Waals surface area (Å²) in [5.74, 6) is -2.07. The lowest BCUT2D eigenvalue weighted by atomic mass is 10.2. The molecule has 0 aliphatic rings. The van der Waals surface area contributed by atoms with Gasteiger partial charge in [-0.25, -0.2) is 8.42 Å². The highest BCUT2D eigenvalue weighted by molar-refractivity contribution is 7.91. The summed E-state index contributed by atoms with van der Waals surface area (Å²) in [6, 6.07) is 9.64. The van der Waals surface area contributed by atoms with Gasteiger partial charge < -0.3 is 10.1 Å². The van der Waals surface area contributed by atoms with E-state index in [4.69, 9.17) is 16.3 Å². The quantitative estimate of drug-likeness (QED) is 0.379. The van der Waals surface area contributed by atoms with Crippen LogP contribution in [0, 0.1) is 17.0 Å². The van der Waals surface area contributed by atoms with E-state index in [2.05, 4.69) is 5.32 Å². The number of carbonyl (C=O) groups excluding carboxylic acids is 2. The third-order valence-electron chi connectivity index (χ3n) is 3.80. The third kappa shape index (κ3) is 6.54. The second-order valence-electron chi connectivity index (χ2n) is 5.99. The van der Waals surface area contributed by atoms with E-state index >= 15 is 0 Å². The molecule has 0 heterocycles. The van der Waals surface area contributed by atoms with Gasteiger partial charge in [0.1, 0.15) is 0 Å². The first-order chi connectivity index (χ1) is 13.6. The minimum absolute atomic E-state index is 0.0217. The molecule has 0 radical (unpaired) electrons. The SMILES string of the molecule is Cc1ccc(NC(=O)COC(=O)CCS(=O)(=O)c2ccc(Cl)cc2)cc1[N+](=O)[O-]. The first-order valence-corrected chi connectivity index (χ1v) is 10.3. The van der Waals surface area contributed by atoms with Crippen LogP contribution in [0.15, 0.2) is 47.4 Å². The lowest BCUT2D eigenvalue weighted by Gasteiger charge is -2.08. The van der Waals surface area contributed by atoms with Gasteiger partial charge in [-0.2, -0.15) is 0 Å². The Hall–Kier alpha value is -2.98. The molecule has 154 valence electrons. The summed E-state index contributed by atoms with van der Waals surface area (Å²) in [7, 11) is -3.70.